The third kappa shape index (κ3) is 3.65. The number of amides is 1. The smallest absolute Gasteiger partial charge is 0.242 e. The van der Waals surface area contributed by atoms with Gasteiger partial charge < -0.3 is 24.8 Å². The van der Waals surface area contributed by atoms with Crippen molar-refractivity contribution < 1.29 is 9.53 Å². The average Bonchev–Trinajstić information content (AvgIpc) is 3.20. The van der Waals surface area contributed by atoms with Crippen LogP contribution in [0, 0.1) is 0 Å². The first-order valence-corrected chi connectivity index (χ1v) is 9.29. The van der Waals surface area contributed by atoms with Crippen LogP contribution in [0.3, 0.4) is 0 Å². The number of ether oxygens (including phenoxy) is 1. The highest BCUT2D eigenvalue weighted by Crippen LogP contribution is 2.28. The monoisotopic (exact) mass is 401 g/mol. The summed E-state index contributed by atoms with van der Waals surface area (Å²) in [5.74, 6) is 1.31. The van der Waals surface area contributed by atoms with E-state index in [9.17, 15) is 4.79 Å². The Morgan fingerprint density at radius 2 is 2.04 bits per heavy atom. The predicted octanol–water partition coefficient (Wildman–Crippen LogP) is 1.78. The number of aromatic amines is 1. The Labute approximate surface area is 166 Å². The number of hydrogen-bond donors (Lipinski definition) is 2. The number of para-hydroxylation sites is 2. The number of nitrogens with zero attached hydrogens (tertiary/aromatic N) is 5. The van der Waals surface area contributed by atoms with Crippen LogP contribution in [-0.2, 0) is 4.79 Å². The first kappa shape index (κ1) is 18.3. The summed E-state index contributed by atoms with van der Waals surface area (Å²) in [6.45, 7) is 2.90. The summed E-state index contributed by atoms with van der Waals surface area (Å²) in [4.78, 5) is 31.9. The lowest BCUT2D eigenvalue weighted by Crippen LogP contribution is -2.50. The predicted molar refractivity (Wildman–Crippen MR) is 107 cm³/mol. The maximum atomic E-state index is 12.6. The van der Waals surface area contributed by atoms with E-state index in [4.69, 9.17) is 16.3 Å². The van der Waals surface area contributed by atoms with Crippen molar-refractivity contribution in [3.63, 3.8) is 0 Å². The second-order valence-corrected chi connectivity index (χ2v) is 6.67. The molecule has 1 amide bonds. The van der Waals surface area contributed by atoms with Crippen molar-refractivity contribution in [3.8, 4) is 5.75 Å². The SMILES string of the molecule is COc1ccccc1N1CCN(C(=O)CNc2nc(Cl)nc3nc[nH]c23)CC1. The van der Waals surface area contributed by atoms with Gasteiger partial charge in [0.25, 0.3) is 0 Å². The molecule has 0 bridgehead atoms. The number of aromatic nitrogens is 4. The van der Waals surface area contributed by atoms with E-state index < -0.39 is 0 Å². The molecule has 0 saturated carbocycles. The molecule has 146 valence electrons. The minimum absolute atomic E-state index is 0.00192. The van der Waals surface area contributed by atoms with Crippen molar-refractivity contribution in [2.75, 3.05) is 50.1 Å². The normalized spacial score (nSPS) is 14.4. The molecular weight excluding hydrogens is 382 g/mol. The van der Waals surface area contributed by atoms with Crippen LogP contribution in [0.1, 0.15) is 0 Å². The van der Waals surface area contributed by atoms with Crippen LogP contribution in [0.25, 0.3) is 11.2 Å². The number of carbonyl (C=O) groups excluding carboxylic acids is 1. The van der Waals surface area contributed by atoms with Gasteiger partial charge in [0.1, 0.15) is 11.3 Å². The molecule has 0 radical (unpaired) electrons. The summed E-state index contributed by atoms with van der Waals surface area (Å²) in [6, 6.07) is 7.92. The first-order valence-electron chi connectivity index (χ1n) is 8.92. The van der Waals surface area contributed by atoms with Gasteiger partial charge in [0.2, 0.25) is 11.2 Å². The Kier molecular flexibility index (Phi) is 5.16. The second-order valence-electron chi connectivity index (χ2n) is 6.34. The molecule has 9 nitrogen and oxygen atoms in total. The maximum Gasteiger partial charge on any atom is 0.242 e. The molecule has 0 aliphatic carbocycles. The molecule has 0 atom stereocenters. The van der Waals surface area contributed by atoms with Gasteiger partial charge in [-0.15, -0.1) is 0 Å². The lowest BCUT2D eigenvalue weighted by Gasteiger charge is -2.36. The van der Waals surface area contributed by atoms with Crippen LogP contribution in [0.15, 0.2) is 30.6 Å². The molecule has 2 N–H and O–H groups in total. The third-order valence-electron chi connectivity index (χ3n) is 4.72. The van der Waals surface area contributed by atoms with Crippen LogP contribution < -0.4 is 15.0 Å². The van der Waals surface area contributed by atoms with Crippen LogP contribution in [0.2, 0.25) is 5.28 Å². The van der Waals surface area contributed by atoms with E-state index in [2.05, 4.69) is 30.2 Å². The summed E-state index contributed by atoms with van der Waals surface area (Å²) < 4.78 is 5.44. The van der Waals surface area contributed by atoms with E-state index in [-0.39, 0.29) is 17.7 Å². The van der Waals surface area contributed by atoms with E-state index in [1.54, 1.807) is 7.11 Å². The molecule has 3 heterocycles. The van der Waals surface area contributed by atoms with Crippen molar-refractivity contribution in [2.45, 2.75) is 0 Å². The van der Waals surface area contributed by atoms with Gasteiger partial charge >= 0.3 is 0 Å². The van der Waals surface area contributed by atoms with Gasteiger partial charge in [-0.2, -0.15) is 9.97 Å². The molecule has 10 heteroatoms. The molecule has 1 saturated heterocycles. The number of fused-ring (bicyclic) bond motifs is 1. The number of halogens is 1. The van der Waals surface area contributed by atoms with E-state index in [1.165, 1.54) is 6.33 Å². The fraction of sp³-hybridized carbons (Fsp3) is 0.333. The van der Waals surface area contributed by atoms with Gasteiger partial charge in [-0.1, -0.05) is 12.1 Å². The van der Waals surface area contributed by atoms with Gasteiger partial charge in [-0.25, -0.2) is 4.98 Å². The van der Waals surface area contributed by atoms with Crippen molar-refractivity contribution in [1.82, 2.24) is 24.8 Å². The molecular formula is C18H20ClN7O2. The molecule has 0 spiro atoms. The number of H-pyrrole nitrogens is 1. The molecule has 1 aromatic carbocycles. The average molecular weight is 402 g/mol. The summed E-state index contributed by atoms with van der Waals surface area (Å²) >= 11 is 5.92. The fourth-order valence-electron chi connectivity index (χ4n) is 3.29. The molecule has 4 rings (SSSR count). The minimum atomic E-state index is 0.00192. The highest BCUT2D eigenvalue weighted by atomic mass is 35.5. The maximum absolute atomic E-state index is 12.6. The number of imidazole rings is 1. The molecule has 1 aliphatic heterocycles. The summed E-state index contributed by atoms with van der Waals surface area (Å²) in [5, 5.41) is 3.12. The number of hydrogen-bond acceptors (Lipinski definition) is 7. The number of benzene rings is 1. The van der Waals surface area contributed by atoms with Crippen molar-refractivity contribution >= 4 is 40.2 Å². The van der Waals surface area contributed by atoms with Crippen LogP contribution in [0.4, 0.5) is 11.5 Å². The molecule has 2 aromatic heterocycles. The van der Waals surface area contributed by atoms with Gasteiger partial charge in [0, 0.05) is 26.2 Å². The number of anilines is 2. The van der Waals surface area contributed by atoms with E-state index in [1.807, 2.05) is 29.2 Å². The van der Waals surface area contributed by atoms with Gasteiger partial charge in [-0.05, 0) is 23.7 Å². The zero-order valence-electron chi connectivity index (χ0n) is 15.4. The Balaban J connectivity index is 1.36. The molecule has 1 fully saturated rings. The zero-order chi connectivity index (χ0) is 19.5. The summed E-state index contributed by atoms with van der Waals surface area (Å²) in [5.41, 5.74) is 2.13. The summed E-state index contributed by atoms with van der Waals surface area (Å²) in [6.07, 6.45) is 1.51. The van der Waals surface area contributed by atoms with Crippen molar-refractivity contribution in [1.29, 1.82) is 0 Å². The van der Waals surface area contributed by atoms with E-state index in [0.29, 0.717) is 30.1 Å². The summed E-state index contributed by atoms with van der Waals surface area (Å²) in [7, 11) is 1.67. The largest absolute Gasteiger partial charge is 0.495 e. The first-order chi connectivity index (χ1) is 13.7. The number of rotatable bonds is 5. The molecule has 28 heavy (non-hydrogen) atoms. The molecule has 1 aliphatic rings. The third-order valence-corrected chi connectivity index (χ3v) is 4.89. The van der Waals surface area contributed by atoms with E-state index >= 15 is 0 Å². The quantitative estimate of drug-likeness (QED) is 0.628. The Bertz CT molecular complexity index is 985. The number of carbonyl (C=O) groups is 1. The highest BCUT2D eigenvalue weighted by molar-refractivity contribution is 6.28. The Morgan fingerprint density at radius 1 is 1.25 bits per heavy atom. The van der Waals surface area contributed by atoms with Crippen LogP contribution in [-0.4, -0.2) is 70.6 Å². The second kappa shape index (κ2) is 7.89. The topological polar surface area (TPSA) is 99.3 Å². The number of methoxy groups -OCH3 is 1. The van der Waals surface area contributed by atoms with E-state index in [0.717, 1.165) is 24.5 Å². The Hall–Kier alpha value is -3.07. The zero-order valence-corrected chi connectivity index (χ0v) is 16.1. The van der Waals surface area contributed by atoms with Gasteiger partial charge in [0.05, 0.1) is 25.7 Å². The molecule has 0 unspecified atom stereocenters. The Morgan fingerprint density at radius 3 is 2.82 bits per heavy atom. The van der Waals surface area contributed by atoms with Crippen LogP contribution in [0.5, 0.6) is 5.75 Å². The minimum Gasteiger partial charge on any atom is -0.495 e. The van der Waals surface area contributed by atoms with Crippen LogP contribution >= 0.6 is 11.6 Å². The van der Waals surface area contributed by atoms with Crippen molar-refractivity contribution in [2.24, 2.45) is 0 Å². The lowest BCUT2D eigenvalue weighted by molar-refractivity contribution is -0.129. The van der Waals surface area contributed by atoms with Gasteiger partial charge in [0.15, 0.2) is 11.5 Å². The fourth-order valence-corrected chi connectivity index (χ4v) is 3.46. The van der Waals surface area contributed by atoms with Crippen molar-refractivity contribution in [3.05, 3.63) is 35.9 Å². The number of nitrogens with one attached hydrogen (secondary N) is 2. The lowest BCUT2D eigenvalue weighted by atomic mass is 10.2. The molecule has 3 aromatic rings. The highest BCUT2D eigenvalue weighted by Gasteiger charge is 2.23. The van der Waals surface area contributed by atoms with Gasteiger partial charge in [-0.3, -0.25) is 4.79 Å². The number of piperazine rings is 1. The standard InChI is InChI=1S/C18H20ClN7O2/c1-28-13-5-3-2-4-12(13)25-6-8-26(9-7-25)14(27)10-20-16-15-17(22-11-21-15)24-18(19)23-16/h2-5,11H,6-10H2,1H3,(H2,20,21,22,23,24).